The van der Waals surface area contributed by atoms with Crippen LogP contribution in [0, 0.1) is 6.92 Å². The van der Waals surface area contributed by atoms with Crippen LogP contribution in [0.1, 0.15) is 15.7 Å². The molecule has 1 atom stereocenters. The van der Waals surface area contributed by atoms with E-state index in [1.165, 1.54) is 25.4 Å². The molecule has 0 amide bonds. The minimum atomic E-state index is -3.72. The molecule has 1 aromatic carbocycles. The molecule has 1 N–H and O–H groups in total. The van der Waals surface area contributed by atoms with Gasteiger partial charge < -0.3 is 0 Å². The summed E-state index contributed by atoms with van der Waals surface area (Å²) in [7, 11) is -4.66. The summed E-state index contributed by atoms with van der Waals surface area (Å²) < 4.78 is 53.2. The molecule has 0 spiro atoms. The van der Waals surface area contributed by atoms with Crippen molar-refractivity contribution in [3.63, 3.8) is 0 Å². The molecule has 1 aromatic heterocycles. The fourth-order valence-corrected chi connectivity index (χ4v) is 5.57. The highest BCUT2D eigenvalue weighted by molar-refractivity contribution is 7.92. The number of nitrogens with one attached hydrogen (secondary N) is 1. The van der Waals surface area contributed by atoms with Crippen LogP contribution >= 0.6 is 11.3 Å². The lowest BCUT2D eigenvalue weighted by molar-refractivity contribution is 0.504. The van der Waals surface area contributed by atoms with Gasteiger partial charge in [0.1, 0.15) is 5.25 Å². The third-order valence-corrected chi connectivity index (χ3v) is 8.24. The van der Waals surface area contributed by atoms with Gasteiger partial charge in [-0.2, -0.15) is 12.7 Å². The van der Waals surface area contributed by atoms with Crippen LogP contribution in [0.5, 0.6) is 0 Å². The van der Waals surface area contributed by atoms with Crippen LogP contribution in [0.2, 0.25) is 0 Å². The molecule has 0 radical (unpaired) electrons. The molecule has 0 bridgehead atoms. The largest absolute Gasteiger partial charge is 0.278 e. The monoisotopic (exact) mass is 388 g/mol. The van der Waals surface area contributed by atoms with Crippen LogP contribution in [-0.2, 0) is 20.0 Å². The number of nitrogens with zero attached hydrogens (tertiary/aromatic N) is 1. The number of rotatable bonds is 7. The van der Waals surface area contributed by atoms with Crippen molar-refractivity contribution in [1.82, 2.24) is 9.03 Å². The molecule has 9 heteroatoms. The predicted molar refractivity (Wildman–Crippen MR) is 96.0 cm³/mol. The summed E-state index contributed by atoms with van der Waals surface area (Å²) in [5.74, 6) is 0. The second-order valence-electron chi connectivity index (χ2n) is 5.50. The average Bonchev–Trinajstić information content (AvgIpc) is 3.01. The highest BCUT2D eigenvalue weighted by atomic mass is 32.2. The number of benzene rings is 1. The number of hydrogen-bond acceptors (Lipinski definition) is 5. The van der Waals surface area contributed by atoms with Gasteiger partial charge in [-0.1, -0.05) is 23.8 Å². The van der Waals surface area contributed by atoms with Gasteiger partial charge in [0.15, 0.2) is 9.84 Å². The van der Waals surface area contributed by atoms with Crippen molar-refractivity contribution in [2.45, 2.75) is 17.1 Å². The Balaban J connectivity index is 2.38. The van der Waals surface area contributed by atoms with Crippen LogP contribution in [0.25, 0.3) is 0 Å². The van der Waals surface area contributed by atoms with Gasteiger partial charge in [-0.3, -0.25) is 0 Å². The van der Waals surface area contributed by atoms with Crippen molar-refractivity contribution in [1.29, 1.82) is 0 Å². The van der Waals surface area contributed by atoms with Crippen LogP contribution in [0.15, 0.2) is 46.7 Å². The Morgan fingerprint density at radius 1 is 1.08 bits per heavy atom. The zero-order valence-electron chi connectivity index (χ0n) is 13.6. The Morgan fingerprint density at radius 2 is 1.71 bits per heavy atom. The lowest BCUT2D eigenvalue weighted by Crippen LogP contribution is -2.39. The lowest BCUT2D eigenvalue weighted by Gasteiger charge is -2.19. The third kappa shape index (κ3) is 4.22. The lowest BCUT2D eigenvalue weighted by atomic mass is 10.2. The van der Waals surface area contributed by atoms with Gasteiger partial charge in [0.05, 0.1) is 4.90 Å². The average molecular weight is 389 g/mol. The fraction of sp³-hybridized carbons (Fsp3) is 0.333. The second-order valence-corrected chi connectivity index (χ2v) is 10.6. The van der Waals surface area contributed by atoms with Crippen molar-refractivity contribution in [2.24, 2.45) is 0 Å². The van der Waals surface area contributed by atoms with Gasteiger partial charge in [0, 0.05) is 25.5 Å². The first-order chi connectivity index (χ1) is 11.1. The minimum Gasteiger partial charge on any atom is -0.223 e. The number of thiophene rings is 1. The van der Waals surface area contributed by atoms with E-state index in [2.05, 4.69) is 4.72 Å². The molecule has 6 nitrogen and oxygen atoms in total. The van der Waals surface area contributed by atoms with Crippen LogP contribution in [-0.4, -0.2) is 41.8 Å². The molecular formula is C15H20N2O4S3. The summed E-state index contributed by atoms with van der Waals surface area (Å²) in [6.45, 7) is 1.65. The van der Waals surface area contributed by atoms with E-state index in [9.17, 15) is 16.8 Å². The molecule has 0 saturated carbocycles. The van der Waals surface area contributed by atoms with Gasteiger partial charge in [-0.05, 0) is 30.5 Å². The Morgan fingerprint density at radius 3 is 2.21 bits per heavy atom. The van der Waals surface area contributed by atoms with Crippen LogP contribution in [0.3, 0.4) is 0 Å². The zero-order chi connectivity index (χ0) is 18.0. The van der Waals surface area contributed by atoms with Gasteiger partial charge in [-0.15, -0.1) is 11.3 Å². The van der Waals surface area contributed by atoms with Crippen LogP contribution < -0.4 is 4.72 Å². The summed E-state index contributed by atoms with van der Waals surface area (Å²) >= 11 is 1.29. The van der Waals surface area contributed by atoms with Gasteiger partial charge >= 0.3 is 0 Å². The SMILES string of the molecule is Cc1ccc(S(=O)(=O)C(CNS(=O)(=O)N(C)C)c2cccs2)cc1. The highest BCUT2D eigenvalue weighted by Crippen LogP contribution is 2.31. The van der Waals surface area contributed by atoms with E-state index in [1.807, 2.05) is 6.92 Å². The van der Waals surface area contributed by atoms with E-state index in [0.717, 1.165) is 9.87 Å². The first kappa shape index (κ1) is 19.1. The molecule has 24 heavy (non-hydrogen) atoms. The maximum atomic E-state index is 13.0. The Kier molecular flexibility index (Phi) is 5.82. The maximum Gasteiger partial charge on any atom is 0.278 e. The van der Waals surface area contributed by atoms with Crippen molar-refractivity contribution in [3.8, 4) is 0 Å². The summed E-state index contributed by atoms with van der Waals surface area (Å²) in [5, 5.41) is 0.794. The summed E-state index contributed by atoms with van der Waals surface area (Å²) in [4.78, 5) is 0.771. The summed E-state index contributed by atoms with van der Waals surface area (Å²) in [5.41, 5.74) is 0.954. The predicted octanol–water partition coefficient (Wildman–Crippen LogP) is 1.97. The first-order valence-electron chi connectivity index (χ1n) is 7.15. The molecule has 0 aliphatic rings. The molecule has 132 valence electrons. The number of hydrogen-bond donors (Lipinski definition) is 1. The standard InChI is InChI=1S/C15H20N2O4S3/c1-12-6-8-13(9-7-12)23(18,19)15(14-5-4-10-22-14)11-16-24(20,21)17(2)3/h4-10,15-16H,11H2,1-3H3. The van der Waals surface area contributed by atoms with E-state index in [0.29, 0.717) is 4.88 Å². The molecule has 1 unspecified atom stereocenters. The fourth-order valence-electron chi connectivity index (χ4n) is 2.04. The highest BCUT2D eigenvalue weighted by Gasteiger charge is 2.31. The van der Waals surface area contributed by atoms with E-state index < -0.39 is 25.3 Å². The Hall–Kier alpha value is -1.26. The molecule has 0 aliphatic heterocycles. The Bertz CT molecular complexity index is 871. The maximum absolute atomic E-state index is 13.0. The van der Waals surface area contributed by atoms with Crippen molar-refractivity contribution in [3.05, 3.63) is 52.2 Å². The van der Waals surface area contributed by atoms with Gasteiger partial charge in [0.2, 0.25) is 0 Å². The minimum absolute atomic E-state index is 0.176. The molecule has 2 aromatic rings. The smallest absolute Gasteiger partial charge is 0.223 e. The third-order valence-electron chi connectivity index (χ3n) is 3.52. The van der Waals surface area contributed by atoms with E-state index in [1.54, 1.807) is 41.8 Å². The second kappa shape index (κ2) is 7.32. The van der Waals surface area contributed by atoms with Crippen molar-refractivity contribution < 1.29 is 16.8 Å². The summed E-state index contributed by atoms with van der Waals surface area (Å²) in [6.07, 6.45) is 0. The summed E-state index contributed by atoms with van der Waals surface area (Å²) in [6, 6.07) is 9.99. The van der Waals surface area contributed by atoms with E-state index in [4.69, 9.17) is 0 Å². The molecule has 0 fully saturated rings. The Labute approximate surface area is 147 Å². The van der Waals surface area contributed by atoms with E-state index >= 15 is 0 Å². The topological polar surface area (TPSA) is 83.5 Å². The van der Waals surface area contributed by atoms with Gasteiger partial charge in [-0.25, -0.2) is 13.1 Å². The molecular weight excluding hydrogens is 368 g/mol. The molecule has 1 heterocycles. The van der Waals surface area contributed by atoms with E-state index in [-0.39, 0.29) is 11.4 Å². The van der Waals surface area contributed by atoms with Crippen LogP contribution in [0.4, 0.5) is 0 Å². The normalized spacial score (nSPS) is 14.0. The molecule has 2 rings (SSSR count). The first-order valence-corrected chi connectivity index (χ1v) is 11.0. The molecule has 0 saturated heterocycles. The quantitative estimate of drug-likeness (QED) is 0.786. The van der Waals surface area contributed by atoms with Crippen molar-refractivity contribution >= 4 is 31.4 Å². The van der Waals surface area contributed by atoms with Gasteiger partial charge in [0.25, 0.3) is 10.2 Å². The molecule has 0 aliphatic carbocycles. The van der Waals surface area contributed by atoms with Crippen molar-refractivity contribution in [2.75, 3.05) is 20.6 Å². The number of aryl methyl sites for hydroxylation is 1. The zero-order valence-corrected chi connectivity index (χ0v) is 16.1. The number of sulfone groups is 1.